The number of carbonyl (C=O) groups excluding carboxylic acids is 3. The number of likely N-dealkylation sites (N-methyl/N-ethyl adjacent to an activating group) is 1. The zero-order valence-corrected chi connectivity index (χ0v) is 20.7. The number of carbonyl (C=O) groups is 3. The van der Waals surface area contributed by atoms with E-state index >= 15 is 0 Å². The Bertz CT molecular complexity index is 986. The van der Waals surface area contributed by atoms with Crippen molar-refractivity contribution in [1.82, 2.24) is 16.1 Å². The van der Waals surface area contributed by atoms with Crippen molar-refractivity contribution in [3.63, 3.8) is 0 Å². The smallest absolute Gasteiger partial charge is 0.273 e. The molecule has 0 aliphatic heterocycles. The van der Waals surface area contributed by atoms with Crippen molar-refractivity contribution >= 4 is 28.5 Å². The topological polar surface area (TPSA) is 117 Å². The third-order valence-corrected chi connectivity index (χ3v) is 5.61. The minimum absolute atomic E-state index is 0.185. The molecule has 0 saturated carbocycles. The minimum atomic E-state index is -1.23. The van der Waals surface area contributed by atoms with Gasteiger partial charge in [0, 0.05) is 13.2 Å². The molecule has 0 bridgehead atoms. The van der Waals surface area contributed by atoms with E-state index in [0.717, 1.165) is 16.3 Å². The number of amides is 3. The van der Waals surface area contributed by atoms with Crippen LogP contribution in [0, 0.1) is 11.3 Å². The van der Waals surface area contributed by atoms with Gasteiger partial charge in [-0.3, -0.25) is 19.6 Å². The van der Waals surface area contributed by atoms with Crippen molar-refractivity contribution in [2.75, 3.05) is 13.2 Å². The average molecular weight is 472 g/mol. The number of hydrogen-bond acceptors (Lipinski definition) is 5. The number of ether oxygens (including phenoxy) is 1. The maximum absolute atomic E-state index is 13.6. The van der Waals surface area contributed by atoms with E-state index in [1.165, 1.54) is 0 Å². The Morgan fingerprint density at radius 3 is 2.24 bits per heavy atom. The standard InChI is InChI=1S/C26H37N3O5/c1-6-14-34-21(24(31)29-33)20(16-17-12-13-18-10-8-9-11-19(18)15-17)23(30)28-22(26(3,4)5)25(32)27-7-2/h8-13,15,20-22,33H,6-7,14,16H2,1-5H3,(H,27,32)(H,28,30)(H,29,31)/t20-,21+,22-/m1/s1. The number of fused-ring (bicyclic) bond motifs is 1. The van der Waals surface area contributed by atoms with E-state index < -0.39 is 35.3 Å². The molecule has 0 aliphatic carbocycles. The van der Waals surface area contributed by atoms with Crippen molar-refractivity contribution < 1.29 is 24.3 Å². The van der Waals surface area contributed by atoms with Crippen molar-refractivity contribution in [2.24, 2.45) is 11.3 Å². The van der Waals surface area contributed by atoms with Crippen LogP contribution in [0.1, 0.15) is 46.6 Å². The van der Waals surface area contributed by atoms with Gasteiger partial charge in [-0.15, -0.1) is 0 Å². The van der Waals surface area contributed by atoms with Gasteiger partial charge in [0.05, 0.1) is 5.92 Å². The minimum Gasteiger partial charge on any atom is -0.367 e. The van der Waals surface area contributed by atoms with Gasteiger partial charge in [0.15, 0.2) is 0 Å². The van der Waals surface area contributed by atoms with Crippen LogP contribution in [0.2, 0.25) is 0 Å². The highest BCUT2D eigenvalue weighted by Gasteiger charge is 2.39. The Morgan fingerprint density at radius 2 is 1.65 bits per heavy atom. The zero-order chi connectivity index (χ0) is 25.3. The van der Waals surface area contributed by atoms with E-state index in [4.69, 9.17) is 4.74 Å². The Hall–Kier alpha value is -2.97. The highest BCUT2D eigenvalue weighted by atomic mass is 16.5. The molecule has 0 heterocycles. The van der Waals surface area contributed by atoms with Crippen molar-refractivity contribution in [2.45, 2.75) is 59.6 Å². The molecule has 0 aromatic heterocycles. The maximum Gasteiger partial charge on any atom is 0.273 e. The lowest BCUT2D eigenvalue weighted by molar-refractivity contribution is -0.151. The van der Waals surface area contributed by atoms with Gasteiger partial charge in [0.25, 0.3) is 5.91 Å². The van der Waals surface area contributed by atoms with Crippen LogP contribution in [0.5, 0.6) is 0 Å². The van der Waals surface area contributed by atoms with Crippen molar-refractivity contribution in [3.05, 3.63) is 48.0 Å². The SMILES string of the molecule is CCCO[C@H](C(=O)NO)[C@@H](Cc1ccc2ccccc2c1)C(=O)N[C@H](C(=O)NCC)C(C)(C)C. The first-order chi connectivity index (χ1) is 16.1. The summed E-state index contributed by atoms with van der Waals surface area (Å²) in [6, 6.07) is 12.9. The predicted octanol–water partition coefficient (Wildman–Crippen LogP) is 2.97. The lowest BCUT2D eigenvalue weighted by Gasteiger charge is -2.33. The highest BCUT2D eigenvalue weighted by molar-refractivity contribution is 5.93. The number of hydroxylamine groups is 1. The summed E-state index contributed by atoms with van der Waals surface area (Å²) in [6.07, 6.45) is -0.417. The Balaban J connectivity index is 2.43. The third kappa shape index (κ3) is 7.27. The van der Waals surface area contributed by atoms with Crippen LogP contribution >= 0.6 is 0 Å². The molecule has 0 spiro atoms. The number of benzene rings is 2. The van der Waals surface area contributed by atoms with Crippen LogP contribution in [-0.2, 0) is 25.5 Å². The molecule has 2 aromatic carbocycles. The molecule has 0 radical (unpaired) electrons. The third-order valence-electron chi connectivity index (χ3n) is 5.61. The van der Waals surface area contributed by atoms with Crippen LogP contribution < -0.4 is 16.1 Å². The van der Waals surface area contributed by atoms with E-state index in [1.54, 1.807) is 5.48 Å². The summed E-state index contributed by atoms with van der Waals surface area (Å²) in [7, 11) is 0. The Morgan fingerprint density at radius 1 is 0.971 bits per heavy atom. The summed E-state index contributed by atoms with van der Waals surface area (Å²) >= 11 is 0. The van der Waals surface area contributed by atoms with Gasteiger partial charge in [-0.2, -0.15) is 0 Å². The fourth-order valence-electron chi connectivity index (χ4n) is 3.84. The van der Waals surface area contributed by atoms with Crippen LogP contribution in [0.25, 0.3) is 10.8 Å². The molecule has 3 atom stereocenters. The van der Waals surface area contributed by atoms with Crippen molar-refractivity contribution in [3.8, 4) is 0 Å². The van der Waals surface area contributed by atoms with Crippen LogP contribution in [0.3, 0.4) is 0 Å². The number of hydrogen-bond donors (Lipinski definition) is 4. The van der Waals surface area contributed by atoms with Gasteiger partial charge in [-0.05, 0) is 41.5 Å². The summed E-state index contributed by atoms with van der Waals surface area (Å²) in [5.41, 5.74) is 1.89. The predicted molar refractivity (Wildman–Crippen MR) is 131 cm³/mol. The second-order valence-corrected chi connectivity index (χ2v) is 9.46. The molecular weight excluding hydrogens is 434 g/mol. The molecule has 0 fully saturated rings. The monoisotopic (exact) mass is 471 g/mol. The molecule has 0 unspecified atom stereocenters. The quantitative estimate of drug-likeness (QED) is 0.297. The normalized spacial score (nSPS) is 14.2. The molecule has 4 N–H and O–H groups in total. The second kappa shape index (κ2) is 12.5. The van der Waals surface area contributed by atoms with E-state index in [1.807, 2.05) is 77.1 Å². The molecule has 8 nitrogen and oxygen atoms in total. The lowest BCUT2D eigenvalue weighted by Crippen LogP contribution is -2.57. The van der Waals surface area contributed by atoms with E-state index in [0.29, 0.717) is 13.0 Å². The van der Waals surface area contributed by atoms with Gasteiger partial charge in [0.1, 0.15) is 12.1 Å². The molecule has 186 valence electrons. The number of nitrogens with one attached hydrogen (secondary N) is 3. The summed E-state index contributed by atoms with van der Waals surface area (Å²) in [4.78, 5) is 38.8. The van der Waals surface area contributed by atoms with E-state index in [9.17, 15) is 19.6 Å². The first-order valence-electron chi connectivity index (χ1n) is 11.7. The molecule has 0 aliphatic rings. The van der Waals surface area contributed by atoms with Gasteiger partial charge >= 0.3 is 0 Å². The fourth-order valence-corrected chi connectivity index (χ4v) is 3.84. The molecular formula is C26H37N3O5. The van der Waals surface area contributed by atoms with Gasteiger partial charge < -0.3 is 15.4 Å². The van der Waals surface area contributed by atoms with Crippen LogP contribution in [0.15, 0.2) is 42.5 Å². The summed E-state index contributed by atoms with van der Waals surface area (Å²) in [5.74, 6) is -2.58. The first-order valence-corrected chi connectivity index (χ1v) is 11.7. The van der Waals surface area contributed by atoms with E-state index in [-0.39, 0.29) is 18.9 Å². The van der Waals surface area contributed by atoms with Gasteiger partial charge in [-0.25, -0.2) is 5.48 Å². The van der Waals surface area contributed by atoms with Crippen LogP contribution in [-0.4, -0.2) is 48.2 Å². The molecule has 8 heteroatoms. The summed E-state index contributed by atoms with van der Waals surface area (Å²) in [6.45, 7) is 9.93. The molecule has 2 rings (SSSR count). The number of rotatable bonds is 11. The molecule has 0 saturated heterocycles. The highest BCUT2D eigenvalue weighted by Crippen LogP contribution is 2.24. The molecule has 3 amide bonds. The largest absolute Gasteiger partial charge is 0.367 e. The van der Waals surface area contributed by atoms with Gasteiger partial charge in [-0.1, -0.05) is 70.2 Å². The summed E-state index contributed by atoms with van der Waals surface area (Å²) < 4.78 is 5.73. The van der Waals surface area contributed by atoms with E-state index in [2.05, 4.69) is 10.6 Å². The Kier molecular flexibility index (Phi) is 10.0. The summed E-state index contributed by atoms with van der Waals surface area (Å²) in [5, 5.41) is 17.0. The average Bonchev–Trinajstić information content (AvgIpc) is 2.80. The second-order valence-electron chi connectivity index (χ2n) is 9.46. The molecule has 2 aromatic rings. The molecule has 34 heavy (non-hydrogen) atoms. The fraction of sp³-hybridized carbons (Fsp3) is 0.500. The Labute approximate surface area is 201 Å². The maximum atomic E-state index is 13.6. The van der Waals surface area contributed by atoms with Crippen molar-refractivity contribution in [1.29, 1.82) is 0 Å². The lowest BCUT2D eigenvalue weighted by atomic mass is 9.84. The van der Waals surface area contributed by atoms with Gasteiger partial charge in [0.2, 0.25) is 11.8 Å². The van der Waals surface area contributed by atoms with Crippen LogP contribution in [0.4, 0.5) is 0 Å². The first kappa shape index (κ1) is 27.3. The zero-order valence-electron chi connectivity index (χ0n) is 20.7.